The van der Waals surface area contributed by atoms with Gasteiger partial charge in [0.15, 0.2) is 0 Å². The Kier molecular flexibility index (Phi) is 5.84. The van der Waals surface area contributed by atoms with Gasteiger partial charge in [-0.25, -0.2) is 0 Å². The summed E-state index contributed by atoms with van der Waals surface area (Å²) >= 11 is 9.40. The highest BCUT2D eigenvalue weighted by Crippen LogP contribution is 2.21. The molecule has 1 aromatic carbocycles. The van der Waals surface area contributed by atoms with Crippen LogP contribution in [-0.4, -0.2) is 49.7 Å². The molecule has 1 unspecified atom stereocenters. The SMILES string of the molecule is CC(CNC(=O)c1ccc(Br)cc1Cl)N1CCOCC1. The second-order valence-electron chi connectivity index (χ2n) is 4.83. The number of halogens is 2. The second kappa shape index (κ2) is 7.41. The summed E-state index contributed by atoms with van der Waals surface area (Å²) in [6.07, 6.45) is 0. The van der Waals surface area contributed by atoms with Crippen LogP contribution in [0.3, 0.4) is 0 Å². The van der Waals surface area contributed by atoms with Crippen LogP contribution in [0.4, 0.5) is 0 Å². The molecule has 0 radical (unpaired) electrons. The molecule has 1 aromatic rings. The van der Waals surface area contributed by atoms with Crippen molar-refractivity contribution in [3.63, 3.8) is 0 Å². The Morgan fingerprint density at radius 1 is 1.50 bits per heavy atom. The summed E-state index contributed by atoms with van der Waals surface area (Å²) in [5.74, 6) is -0.136. The number of morpholine rings is 1. The minimum atomic E-state index is -0.136. The van der Waals surface area contributed by atoms with Crippen molar-refractivity contribution in [1.29, 1.82) is 0 Å². The molecule has 2 rings (SSSR count). The van der Waals surface area contributed by atoms with Gasteiger partial charge in [-0.15, -0.1) is 0 Å². The molecular weight excluding hydrogens is 344 g/mol. The Hall–Kier alpha value is -0.620. The van der Waals surface area contributed by atoms with Crippen molar-refractivity contribution >= 4 is 33.4 Å². The number of benzene rings is 1. The van der Waals surface area contributed by atoms with Crippen LogP contribution < -0.4 is 5.32 Å². The Labute approximate surface area is 132 Å². The van der Waals surface area contributed by atoms with Gasteiger partial charge in [-0.1, -0.05) is 27.5 Å². The summed E-state index contributed by atoms with van der Waals surface area (Å²) in [5.41, 5.74) is 0.504. The number of rotatable bonds is 4. The molecule has 110 valence electrons. The molecule has 1 aliphatic heterocycles. The van der Waals surface area contributed by atoms with Crippen molar-refractivity contribution in [3.05, 3.63) is 33.3 Å². The van der Waals surface area contributed by atoms with Gasteiger partial charge in [0, 0.05) is 30.1 Å². The quantitative estimate of drug-likeness (QED) is 0.896. The third-order valence-electron chi connectivity index (χ3n) is 3.40. The van der Waals surface area contributed by atoms with E-state index in [4.69, 9.17) is 16.3 Å². The van der Waals surface area contributed by atoms with Crippen LogP contribution in [0.1, 0.15) is 17.3 Å². The predicted molar refractivity (Wildman–Crippen MR) is 83.3 cm³/mol. The van der Waals surface area contributed by atoms with Crippen molar-refractivity contribution in [3.8, 4) is 0 Å². The molecule has 0 bridgehead atoms. The minimum Gasteiger partial charge on any atom is -0.379 e. The molecular formula is C14H18BrClN2O2. The number of ether oxygens (including phenoxy) is 1. The highest BCUT2D eigenvalue weighted by atomic mass is 79.9. The molecule has 6 heteroatoms. The first kappa shape index (κ1) is 15.8. The summed E-state index contributed by atoms with van der Waals surface area (Å²) in [5, 5.41) is 3.39. The lowest BCUT2D eigenvalue weighted by atomic mass is 10.2. The minimum absolute atomic E-state index is 0.136. The fourth-order valence-corrected chi connectivity index (χ4v) is 2.92. The first-order valence-electron chi connectivity index (χ1n) is 6.63. The first-order chi connectivity index (χ1) is 9.58. The number of amides is 1. The molecule has 1 N–H and O–H groups in total. The van der Waals surface area contributed by atoms with Crippen molar-refractivity contribution in [2.24, 2.45) is 0 Å². The van der Waals surface area contributed by atoms with Gasteiger partial charge in [-0.05, 0) is 25.1 Å². The van der Waals surface area contributed by atoms with E-state index >= 15 is 0 Å². The Bertz CT molecular complexity index is 478. The van der Waals surface area contributed by atoms with E-state index in [2.05, 4.69) is 33.1 Å². The van der Waals surface area contributed by atoms with Gasteiger partial charge in [0.25, 0.3) is 5.91 Å². The maximum absolute atomic E-state index is 12.1. The van der Waals surface area contributed by atoms with Gasteiger partial charge < -0.3 is 10.1 Å². The zero-order chi connectivity index (χ0) is 14.5. The molecule has 1 atom stereocenters. The van der Waals surface area contributed by atoms with E-state index in [0.717, 1.165) is 30.8 Å². The molecule has 20 heavy (non-hydrogen) atoms. The normalized spacial score (nSPS) is 17.8. The van der Waals surface area contributed by atoms with Crippen molar-refractivity contribution < 1.29 is 9.53 Å². The lowest BCUT2D eigenvalue weighted by molar-refractivity contribution is 0.0204. The van der Waals surface area contributed by atoms with Crippen LogP contribution in [0.25, 0.3) is 0 Å². The average Bonchev–Trinajstić information content (AvgIpc) is 2.45. The van der Waals surface area contributed by atoms with E-state index in [-0.39, 0.29) is 11.9 Å². The topological polar surface area (TPSA) is 41.6 Å². The molecule has 0 spiro atoms. The third kappa shape index (κ3) is 4.19. The molecule has 1 aliphatic rings. The van der Waals surface area contributed by atoms with Crippen molar-refractivity contribution in [2.75, 3.05) is 32.8 Å². The van der Waals surface area contributed by atoms with E-state index in [1.807, 2.05) is 6.07 Å². The van der Waals surface area contributed by atoms with Gasteiger partial charge in [0.05, 0.1) is 23.8 Å². The lowest BCUT2D eigenvalue weighted by Crippen LogP contribution is -2.47. The monoisotopic (exact) mass is 360 g/mol. The largest absolute Gasteiger partial charge is 0.379 e. The fourth-order valence-electron chi connectivity index (χ4n) is 2.16. The van der Waals surface area contributed by atoms with E-state index in [0.29, 0.717) is 17.1 Å². The standard InChI is InChI=1S/C14H18BrClN2O2/c1-10(18-4-6-20-7-5-18)9-17-14(19)12-3-2-11(15)8-13(12)16/h2-3,8,10H,4-7,9H2,1H3,(H,17,19). The molecule has 0 saturated carbocycles. The predicted octanol–water partition coefficient (Wildman–Crippen LogP) is 2.55. The zero-order valence-corrected chi connectivity index (χ0v) is 13.7. The third-order valence-corrected chi connectivity index (χ3v) is 4.21. The first-order valence-corrected chi connectivity index (χ1v) is 7.80. The van der Waals surface area contributed by atoms with Crippen LogP contribution in [-0.2, 0) is 4.74 Å². The van der Waals surface area contributed by atoms with Crippen molar-refractivity contribution in [1.82, 2.24) is 10.2 Å². The summed E-state index contributed by atoms with van der Waals surface area (Å²) < 4.78 is 6.18. The summed E-state index contributed by atoms with van der Waals surface area (Å²) in [4.78, 5) is 14.4. The highest BCUT2D eigenvalue weighted by molar-refractivity contribution is 9.10. The Morgan fingerprint density at radius 2 is 2.20 bits per heavy atom. The van der Waals surface area contributed by atoms with Gasteiger partial charge in [0.2, 0.25) is 0 Å². The number of nitrogens with zero attached hydrogens (tertiary/aromatic N) is 1. The molecule has 1 amide bonds. The summed E-state index contributed by atoms with van der Waals surface area (Å²) in [6, 6.07) is 5.55. The maximum Gasteiger partial charge on any atom is 0.252 e. The molecule has 0 aromatic heterocycles. The Balaban J connectivity index is 1.88. The number of hydrogen-bond donors (Lipinski definition) is 1. The molecule has 1 saturated heterocycles. The number of carbonyl (C=O) groups is 1. The van der Waals surface area contributed by atoms with E-state index in [1.54, 1.807) is 12.1 Å². The number of hydrogen-bond acceptors (Lipinski definition) is 3. The van der Waals surface area contributed by atoms with E-state index < -0.39 is 0 Å². The summed E-state index contributed by atoms with van der Waals surface area (Å²) in [7, 11) is 0. The molecule has 1 heterocycles. The second-order valence-corrected chi connectivity index (χ2v) is 6.15. The van der Waals surface area contributed by atoms with Crippen molar-refractivity contribution in [2.45, 2.75) is 13.0 Å². The fraction of sp³-hybridized carbons (Fsp3) is 0.500. The van der Waals surface area contributed by atoms with Gasteiger partial charge in [0.1, 0.15) is 0 Å². The molecule has 0 aliphatic carbocycles. The smallest absolute Gasteiger partial charge is 0.252 e. The zero-order valence-electron chi connectivity index (χ0n) is 11.4. The van der Waals surface area contributed by atoms with Crippen LogP contribution in [0, 0.1) is 0 Å². The van der Waals surface area contributed by atoms with Crippen LogP contribution in [0.2, 0.25) is 5.02 Å². The van der Waals surface area contributed by atoms with E-state index in [9.17, 15) is 4.79 Å². The molecule has 4 nitrogen and oxygen atoms in total. The number of nitrogens with one attached hydrogen (secondary N) is 1. The van der Waals surface area contributed by atoms with E-state index in [1.165, 1.54) is 0 Å². The average molecular weight is 362 g/mol. The highest BCUT2D eigenvalue weighted by Gasteiger charge is 2.18. The summed E-state index contributed by atoms with van der Waals surface area (Å²) in [6.45, 7) is 6.06. The Morgan fingerprint density at radius 3 is 2.85 bits per heavy atom. The maximum atomic E-state index is 12.1. The van der Waals surface area contributed by atoms with Crippen LogP contribution in [0.15, 0.2) is 22.7 Å². The van der Waals surface area contributed by atoms with Crippen LogP contribution >= 0.6 is 27.5 Å². The van der Waals surface area contributed by atoms with Gasteiger partial charge in [-0.2, -0.15) is 0 Å². The lowest BCUT2D eigenvalue weighted by Gasteiger charge is -2.32. The molecule has 1 fully saturated rings. The van der Waals surface area contributed by atoms with Crippen LogP contribution in [0.5, 0.6) is 0 Å². The van der Waals surface area contributed by atoms with Gasteiger partial charge >= 0.3 is 0 Å². The van der Waals surface area contributed by atoms with Gasteiger partial charge in [-0.3, -0.25) is 9.69 Å². The number of carbonyl (C=O) groups excluding carboxylic acids is 1.